The van der Waals surface area contributed by atoms with Crippen molar-refractivity contribution in [1.29, 1.82) is 0 Å². The van der Waals surface area contributed by atoms with Crippen molar-refractivity contribution in [3.63, 3.8) is 0 Å². The van der Waals surface area contributed by atoms with Gasteiger partial charge >= 0.3 is 0 Å². The molecular weight excluding hydrogens is 252 g/mol. The molecule has 4 N–H and O–H groups in total. The number of carbonyl (C=O) groups is 1. The molecule has 98 valence electrons. The third-order valence-corrected chi connectivity index (χ3v) is 2.35. The minimum absolute atomic E-state index is 0.0336. The first-order valence-corrected chi connectivity index (χ1v) is 5.24. The van der Waals surface area contributed by atoms with E-state index in [0.717, 1.165) is 18.0 Å². The maximum Gasteiger partial charge on any atom is 0.288 e. The van der Waals surface area contributed by atoms with Crippen LogP contribution in [0, 0.1) is 10.1 Å². The number of hydrogen-bond donors (Lipinski definition) is 3. The highest BCUT2D eigenvalue weighted by Crippen LogP contribution is 2.19. The fourth-order valence-corrected chi connectivity index (χ4v) is 1.44. The van der Waals surface area contributed by atoms with Crippen molar-refractivity contribution in [3.05, 3.63) is 45.9 Å². The number of pyridine rings is 1. The predicted molar refractivity (Wildman–Crippen MR) is 65.3 cm³/mol. The molecule has 0 atom stereocenters. The van der Waals surface area contributed by atoms with E-state index in [1.165, 1.54) is 0 Å². The molecule has 9 heteroatoms. The smallest absolute Gasteiger partial charge is 0.288 e. The van der Waals surface area contributed by atoms with E-state index in [-0.39, 0.29) is 17.1 Å². The average Bonchev–Trinajstić information content (AvgIpc) is 2.89. The van der Waals surface area contributed by atoms with Crippen LogP contribution in [0.5, 0.6) is 0 Å². The van der Waals surface area contributed by atoms with Gasteiger partial charge in [-0.15, -0.1) is 0 Å². The number of primary amides is 1. The minimum Gasteiger partial charge on any atom is -0.365 e. The molecule has 19 heavy (non-hydrogen) atoms. The van der Waals surface area contributed by atoms with Crippen LogP contribution in [-0.2, 0) is 6.54 Å². The lowest BCUT2D eigenvalue weighted by molar-refractivity contribution is -0.385. The van der Waals surface area contributed by atoms with E-state index in [4.69, 9.17) is 5.73 Å². The first-order chi connectivity index (χ1) is 9.08. The number of aromatic nitrogens is 3. The molecule has 1 amide bonds. The monoisotopic (exact) mass is 262 g/mol. The lowest BCUT2D eigenvalue weighted by atomic mass is 10.2. The second kappa shape index (κ2) is 5.12. The Morgan fingerprint density at radius 1 is 1.58 bits per heavy atom. The molecule has 2 heterocycles. The van der Waals surface area contributed by atoms with Gasteiger partial charge in [-0.05, 0) is 6.07 Å². The lowest BCUT2D eigenvalue weighted by Crippen LogP contribution is -2.16. The number of nitro groups is 1. The zero-order chi connectivity index (χ0) is 13.8. The molecule has 0 aliphatic rings. The lowest BCUT2D eigenvalue weighted by Gasteiger charge is -2.07. The fraction of sp³-hybridized carbons (Fsp3) is 0.100. The third-order valence-electron chi connectivity index (χ3n) is 2.35. The first-order valence-electron chi connectivity index (χ1n) is 5.24. The van der Waals surface area contributed by atoms with Crippen LogP contribution in [0.4, 0.5) is 11.5 Å². The van der Waals surface area contributed by atoms with Gasteiger partial charge in [-0.3, -0.25) is 20.0 Å². The highest BCUT2D eigenvalue weighted by atomic mass is 16.6. The van der Waals surface area contributed by atoms with Gasteiger partial charge in [-0.25, -0.2) is 4.98 Å². The van der Waals surface area contributed by atoms with Gasteiger partial charge in [-0.1, -0.05) is 0 Å². The number of hydrogen-bond acceptors (Lipinski definition) is 6. The van der Waals surface area contributed by atoms with E-state index in [1.54, 1.807) is 12.3 Å². The Morgan fingerprint density at radius 2 is 2.37 bits per heavy atom. The number of amides is 1. The van der Waals surface area contributed by atoms with Crippen LogP contribution in [0.2, 0.25) is 0 Å². The molecule has 2 aromatic heterocycles. The number of anilines is 1. The van der Waals surface area contributed by atoms with Gasteiger partial charge < -0.3 is 11.1 Å². The Bertz CT molecular complexity index is 610. The molecule has 0 saturated heterocycles. The summed E-state index contributed by atoms with van der Waals surface area (Å²) in [6.07, 6.45) is 2.64. The third kappa shape index (κ3) is 2.83. The van der Waals surface area contributed by atoms with Crippen LogP contribution < -0.4 is 11.1 Å². The van der Waals surface area contributed by atoms with Crippen LogP contribution in [0.25, 0.3) is 0 Å². The van der Waals surface area contributed by atoms with Crippen LogP contribution in [-0.4, -0.2) is 26.0 Å². The first kappa shape index (κ1) is 12.5. The molecule has 2 aromatic rings. The van der Waals surface area contributed by atoms with Crippen molar-refractivity contribution in [2.24, 2.45) is 5.73 Å². The summed E-state index contributed by atoms with van der Waals surface area (Å²) < 4.78 is 0. The number of H-pyrrole nitrogens is 1. The topological polar surface area (TPSA) is 140 Å². The van der Waals surface area contributed by atoms with Crippen molar-refractivity contribution < 1.29 is 9.72 Å². The quantitative estimate of drug-likeness (QED) is 0.527. The summed E-state index contributed by atoms with van der Waals surface area (Å²) in [6.45, 7) is 0.338. The van der Waals surface area contributed by atoms with Gasteiger partial charge in [0.1, 0.15) is 12.0 Å². The Labute approximate surface area is 107 Å². The number of rotatable bonds is 5. The number of aromatic amines is 1. The number of carbonyl (C=O) groups excluding carboxylic acids is 1. The van der Waals surface area contributed by atoms with Crippen LogP contribution >= 0.6 is 0 Å². The molecule has 9 nitrogen and oxygen atoms in total. The van der Waals surface area contributed by atoms with Gasteiger partial charge in [-0.2, -0.15) is 5.10 Å². The number of nitrogens with zero attached hydrogens (tertiary/aromatic N) is 3. The molecule has 0 radical (unpaired) electrons. The average molecular weight is 262 g/mol. The van der Waals surface area contributed by atoms with Gasteiger partial charge in [0, 0.05) is 12.3 Å². The summed E-state index contributed by atoms with van der Waals surface area (Å²) in [4.78, 5) is 25.1. The summed E-state index contributed by atoms with van der Waals surface area (Å²) in [5, 5.41) is 20.0. The Morgan fingerprint density at radius 3 is 2.95 bits per heavy atom. The number of nitrogens with one attached hydrogen (secondary N) is 2. The summed E-state index contributed by atoms with van der Waals surface area (Å²) in [5.74, 6) is -0.601. The summed E-state index contributed by atoms with van der Waals surface area (Å²) in [6, 6.07) is 2.83. The van der Waals surface area contributed by atoms with E-state index in [0.29, 0.717) is 6.54 Å². The summed E-state index contributed by atoms with van der Waals surface area (Å²) in [5.41, 5.74) is 5.62. The molecular formula is C10H10N6O3. The number of nitrogens with two attached hydrogens (primary N) is 1. The molecule has 0 unspecified atom stereocenters. The summed E-state index contributed by atoms with van der Waals surface area (Å²) in [7, 11) is 0. The maximum atomic E-state index is 11.3. The van der Waals surface area contributed by atoms with E-state index in [9.17, 15) is 14.9 Å². The molecule has 0 spiro atoms. The van der Waals surface area contributed by atoms with Crippen molar-refractivity contribution in [3.8, 4) is 0 Å². The molecule has 0 fully saturated rings. The zero-order valence-electron chi connectivity index (χ0n) is 9.66. The Kier molecular flexibility index (Phi) is 3.37. The standard InChI is InChI=1S/C10H10N6O3/c11-9(17)8-3-7(16(18)19)5-13-10(8)12-4-6-1-2-14-15-6/h1-3,5H,4H2,(H2,11,17)(H,12,13)(H,14,15). The van der Waals surface area contributed by atoms with Crippen LogP contribution in [0.3, 0.4) is 0 Å². The van der Waals surface area contributed by atoms with E-state index in [1.807, 2.05) is 0 Å². The Balaban J connectivity index is 2.24. The van der Waals surface area contributed by atoms with E-state index < -0.39 is 10.8 Å². The molecule has 0 aliphatic carbocycles. The van der Waals surface area contributed by atoms with Gasteiger partial charge in [0.25, 0.3) is 11.6 Å². The van der Waals surface area contributed by atoms with Crippen molar-refractivity contribution in [2.75, 3.05) is 5.32 Å². The van der Waals surface area contributed by atoms with Crippen molar-refractivity contribution in [2.45, 2.75) is 6.54 Å². The van der Waals surface area contributed by atoms with E-state index >= 15 is 0 Å². The van der Waals surface area contributed by atoms with Crippen molar-refractivity contribution >= 4 is 17.4 Å². The van der Waals surface area contributed by atoms with E-state index in [2.05, 4.69) is 20.5 Å². The SMILES string of the molecule is NC(=O)c1cc([N+](=O)[O-])cnc1NCc1ccn[nH]1. The fourth-order valence-electron chi connectivity index (χ4n) is 1.44. The van der Waals surface area contributed by atoms with Crippen molar-refractivity contribution in [1.82, 2.24) is 15.2 Å². The highest BCUT2D eigenvalue weighted by Gasteiger charge is 2.16. The normalized spacial score (nSPS) is 10.1. The van der Waals surface area contributed by atoms with Gasteiger partial charge in [0.15, 0.2) is 0 Å². The maximum absolute atomic E-state index is 11.3. The predicted octanol–water partition coefficient (Wildman–Crippen LogP) is 0.424. The summed E-state index contributed by atoms with van der Waals surface area (Å²) >= 11 is 0. The molecule has 2 rings (SSSR count). The molecule has 0 aromatic carbocycles. The van der Waals surface area contributed by atoms with Crippen LogP contribution in [0.15, 0.2) is 24.5 Å². The van der Waals surface area contributed by atoms with Crippen LogP contribution in [0.1, 0.15) is 16.1 Å². The highest BCUT2D eigenvalue weighted by molar-refractivity contribution is 5.98. The van der Waals surface area contributed by atoms with Gasteiger partial charge in [0.05, 0.1) is 22.7 Å². The second-order valence-corrected chi connectivity index (χ2v) is 3.65. The van der Waals surface area contributed by atoms with Gasteiger partial charge in [0.2, 0.25) is 0 Å². The Hall–Kier alpha value is -2.97. The molecule has 0 aliphatic heterocycles. The largest absolute Gasteiger partial charge is 0.365 e. The molecule has 0 bridgehead atoms. The second-order valence-electron chi connectivity index (χ2n) is 3.65. The zero-order valence-corrected chi connectivity index (χ0v) is 9.66. The minimum atomic E-state index is -0.789. The molecule has 0 saturated carbocycles.